The third-order valence-electron chi connectivity index (χ3n) is 8.89. The molecule has 42 heavy (non-hydrogen) atoms. The number of ether oxygens (including phenoxy) is 2. The molecule has 0 radical (unpaired) electrons. The molecule has 0 aromatic heterocycles. The molecule has 1 aliphatic rings. The third kappa shape index (κ3) is 10.5. The van der Waals surface area contributed by atoms with Crippen LogP contribution in [0.25, 0.3) is 0 Å². The van der Waals surface area contributed by atoms with Gasteiger partial charge in [-0.2, -0.15) is 4.39 Å². The number of carbonyl (C=O) groups excluding carboxylic acids is 1. The SMILES string of the molecule is C=CCC(c1ccc(OC(=O)c2ccc(OCCCCCCCCC)c(F)c2F)cc1)[C@H]1CC[C@H](CCCCC)CC1. The quantitative estimate of drug-likeness (QED) is 0.0715. The Balaban J connectivity index is 1.52. The normalized spacial score (nSPS) is 17.5. The molecule has 0 N–H and O–H groups in total. The van der Waals surface area contributed by atoms with Gasteiger partial charge >= 0.3 is 5.97 Å². The highest BCUT2D eigenvalue weighted by Gasteiger charge is 2.28. The summed E-state index contributed by atoms with van der Waals surface area (Å²) in [6.07, 6.45) is 21.0. The van der Waals surface area contributed by atoms with Crippen LogP contribution in [0.4, 0.5) is 8.78 Å². The van der Waals surface area contributed by atoms with Crippen LogP contribution in [0.15, 0.2) is 49.1 Å². The van der Waals surface area contributed by atoms with Crippen molar-refractivity contribution < 1.29 is 23.0 Å². The van der Waals surface area contributed by atoms with Crippen molar-refractivity contribution in [3.8, 4) is 11.5 Å². The molecule has 1 atom stereocenters. The first-order chi connectivity index (χ1) is 20.5. The predicted molar refractivity (Wildman–Crippen MR) is 168 cm³/mol. The van der Waals surface area contributed by atoms with Gasteiger partial charge in [-0.15, -0.1) is 6.58 Å². The van der Waals surface area contributed by atoms with Crippen molar-refractivity contribution in [1.82, 2.24) is 0 Å². The van der Waals surface area contributed by atoms with Crippen molar-refractivity contribution in [3.05, 3.63) is 71.8 Å². The largest absolute Gasteiger partial charge is 0.490 e. The number of carbonyl (C=O) groups is 1. The molecule has 0 bridgehead atoms. The summed E-state index contributed by atoms with van der Waals surface area (Å²) in [7, 11) is 0. The number of allylic oxidation sites excluding steroid dienone is 1. The second kappa shape index (κ2) is 18.8. The summed E-state index contributed by atoms with van der Waals surface area (Å²) >= 11 is 0. The molecule has 0 saturated heterocycles. The van der Waals surface area contributed by atoms with Crippen LogP contribution >= 0.6 is 0 Å². The van der Waals surface area contributed by atoms with E-state index in [9.17, 15) is 13.6 Å². The second-order valence-electron chi connectivity index (χ2n) is 12.1. The lowest BCUT2D eigenvalue weighted by molar-refractivity contribution is 0.0728. The van der Waals surface area contributed by atoms with E-state index in [1.807, 2.05) is 18.2 Å². The van der Waals surface area contributed by atoms with Crippen LogP contribution in [0, 0.1) is 23.5 Å². The number of rotatable bonds is 19. The number of benzene rings is 2. The maximum atomic E-state index is 14.8. The Labute approximate surface area is 253 Å². The summed E-state index contributed by atoms with van der Waals surface area (Å²) in [5, 5.41) is 0. The summed E-state index contributed by atoms with van der Waals surface area (Å²) in [6.45, 7) is 8.74. The Morgan fingerprint density at radius 2 is 1.50 bits per heavy atom. The first-order valence-electron chi connectivity index (χ1n) is 16.5. The van der Waals surface area contributed by atoms with Crippen LogP contribution in [0.3, 0.4) is 0 Å². The van der Waals surface area contributed by atoms with E-state index < -0.39 is 23.2 Å². The van der Waals surface area contributed by atoms with E-state index in [1.165, 1.54) is 94.7 Å². The molecule has 0 amide bonds. The zero-order valence-electron chi connectivity index (χ0n) is 26.0. The van der Waals surface area contributed by atoms with Crippen molar-refractivity contribution in [1.29, 1.82) is 0 Å². The van der Waals surface area contributed by atoms with Crippen LogP contribution in [0.1, 0.15) is 138 Å². The van der Waals surface area contributed by atoms with Crippen LogP contribution in [-0.2, 0) is 0 Å². The number of esters is 1. The van der Waals surface area contributed by atoms with Crippen molar-refractivity contribution in [2.75, 3.05) is 6.61 Å². The molecular weight excluding hydrogens is 530 g/mol. The Hall–Kier alpha value is -2.69. The molecule has 3 rings (SSSR count). The van der Waals surface area contributed by atoms with Crippen LogP contribution in [0.5, 0.6) is 11.5 Å². The lowest BCUT2D eigenvalue weighted by Gasteiger charge is -2.34. The average Bonchev–Trinajstić information content (AvgIpc) is 3.00. The summed E-state index contributed by atoms with van der Waals surface area (Å²) in [6, 6.07) is 10.00. The number of halogens is 2. The zero-order valence-corrected chi connectivity index (χ0v) is 26.0. The molecule has 232 valence electrons. The lowest BCUT2D eigenvalue weighted by Crippen LogP contribution is -2.20. The number of hydrogen-bond donors (Lipinski definition) is 0. The minimum absolute atomic E-state index is 0.178. The molecular formula is C37H52F2O3. The van der Waals surface area contributed by atoms with Gasteiger partial charge in [-0.3, -0.25) is 0 Å². The third-order valence-corrected chi connectivity index (χ3v) is 8.89. The van der Waals surface area contributed by atoms with Gasteiger partial charge in [0.15, 0.2) is 11.6 Å². The summed E-state index contributed by atoms with van der Waals surface area (Å²) in [4.78, 5) is 12.7. The first kappa shape index (κ1) is 33.8. The van der Waals surface area contributed by atoms with E-state index in [0.29, 0.717) is 24.2 Å². The molecule has 3 nitrogen and oxygen atoms in total. The minimum atomic E-state index is -1.25. The molecule has 0 spiro atoms. The lowest BCUT2D eigenvalue weighted by atomic mass is 9.71. The van der Waals surface area contributed by atoms with Gasteiger partial charge in [0.25, 0.3) is 0 Å². The molecule has 5 heteroatoms. The number of hydrogen-bond acceptors (Lipinski definition) is 3. The molecule has 0 heterocycles. The monoisotopic (exact) mass is 582 g/mol. The fourth-order valence-corrected chi connectivity index (χ4v) is 6.33. The van der Waals surface area contributed by atoms with Gasteiger partial charge in [-0.1, -0.05) is 109 Å². The van der Waals surface area contributed by atoms with E-state index >= 15 is 0 Å². The zero-order chi connectivity index (χ0) is 30.2. The fourth-order valence-electron chi connectivity index (χ4n) is 6.33. The second-order valence-corrected chi connectivity index (χ2v) is 12.1. The van der Waals surface area contributed by atoms with E-state index in [2.05, 4.69) is 20.4 Å². The highest BCUT2D eigenvalue weighted by molar-refractivity contribution is 5.91. The Morgan fingerprint density at radius 1 is 0.857 bits per heavy atom. The van der Waals surface area contributed by atoms with Crippen molar-refractivity contribution in [2.45, 2.75) is 122 Å². The van der Waals surface area contributed by atoms with Gasteiger partial charge in [0, 0.05) is 0 Å². The Kier molecular flexibility index (Phi) is 15.1. The summed E-state index contributed by atoms with van der Waals surface area (Å²) in [5.41, 5.74) is 0.754. The molecule has 1 fully saturated rings. The van der Waals surface area contributed by atoms with Gasteiger partial charge in [0.2, 0.25) is 5.82 Å². The van der Waals surface area contributed by atoms with Crippen LogP contribution in [-0.4, -0.2) is 12.6 Å². The summed E-state index contributed by atoms with van der Waals surface area (Å²) < 4.78 is 40.3. The van der Waals surface area contributed by atoms with Gasteiger partial charge in [0.1, 0.15) is 5.75 Å². The molecule has 2 aromatic carbocycles. The fraction of sp³-hybridized carbons (Fsp3) is 0.595. The Morgan fingerprint density at radius 3 is 2.17 bits per heavy atom. The van der Waals surface area contributed by atoms with Crippen molar-refractivity contribution in [2.24, 2.45) is 11.8 Å². The standard InChI is InChI=1S/C37H52F2O3/c1-4-7-9-10-11-12-14-27-41-34-26-25-33(35(38)36(34)39)37(40)42-31-23-21-30(22-24-31)32(15-6-3)29-19-17-28(18-20-29)16-13-8-5-2/h6,21-26,28-29,32H,3-5,7-20,27H2,1-2H3/t28-,29-,32?. The van der Waals surface area contributed by atoms with Crippen LogP contribution < -0.4 is 9.47 Å². The predicted octanol–water partition coefficient (Wildman–Crippen LogP) is 11.4. The molecule has 0 aliphatic heterocycles. The maximum absolute atomic E-state index is 14.8. The van der Waals surface area contributed by atoms with Gasteiger partial charge in [-0.25, -0.2) is 9.18 Å². The molecule has 2 aromatic rings. The smallest absolute Gasteiger partial charge is 0.346 e. The van der Waals surface area contributed by atoms with Gasteiger partial charge in [0.05, 0.1) is 12.2 Å². The number of unbranched alkanes of at least 4 members (excludes halogenated alkanes) is 8. The van der Waals surface area contributed by atoms with E-state index in [-0.39, 0.29) is 5.75 Å². The molecule has 1 saturated carbocycles. The highest BCUT2D eigenvalue weighted by atomic mass is 19.2. The average molecular weight is 583 g/mol. The first-order valence-corrected chi connectivity index (χ1v) is 16.5. The van der Waals surface area contributed by atoms with Gasteiger partial charge in [-0.05, 0) is 73.3 Å². The van der Waals surface area contributed by atoms with E-state index in [0.717, 1.165) is 31.6 Å². The molecule has 1 aliphatic carbocycles. The topological polar surface area (TPSA) is 35.5 Å². The van der Waals surface area contributed by atoms with Crippen LogP contribution in [0.2, 0.25) is 0 Å². The summed E-state index contributed by atoms with van der Waals surface area (Å²) in [5.74, 6) is -1.36. The van der Waals surface area contributed by atoms with E-state index in [4.69, 9.17) is 9.47 Å². The maximum Gasteiger partial charge on any atom is 0.346 e. The van der Waals surface area contributed by atoms with E-state index in [1.54, 1.807) is 12.1 Å². The Bertz CT molecular complexity index is 1070. The minimum Gasteiger partial charge on any atom is -0.490 e. The molecule has 1 unspecified atom stereocenters. The van der Waals surface area contributed by atoms with Crippen molar-refractivity contribution in [3.63, 3.8) is 0 Å². The highest BCUT2D eigenvalue weighted by Crippen LogP contribution is 2.42. The van der Waals surface area contributed by atoms with Crippen molar-refractivity contribution >= 4 is 5.97 Å². The van der Waals surface area contributed by atoms with Gasteiger partial charge < -0.3 is 9.47 Å².